The lowest BCUT2D eigenvalue weighted by Gasteiger charge is -2.12. The molecule has 0 heterocycles. The second kappa shape index (κ2) is 6.52. The monoisotopic (exact) mass is 236 g/mol. The number of carboxylic acid groups (broad SMARTS) is 1. The highest BCUT2D eigenvalue weighted by molar-refractivity contribution is 5.90. The normalized spacial score (nSPS) is 9.71. The summed E-state index contributed by atoms with van der Waals surface area (Å²) < 4.78 is 0. The zero-order valence-electron chi connectivity index (χ0n) is 9.72. The number of carbonyl (C=O) groups is 2. The lowest BCUT2D eigenvalue weighted by molar-refractivity contribution is -0.116. The minimum absolute atomic E-state index is 0.102. The van der Waals surface area contributed by atoms with Gasteiger partial charge in [-0.05, 0) is 18.6 Å². The number of nitrogens with one attached hydrogen (secondary N) is 1. The van der Waals surface area contributed by atoms with E-state index in [9.17, 15) is 9.59 Å². The molecule has 0 aliphatic heterocycles. The van der Waals surface area contributed by atoms with Crippen LogP contribution in [-0.4, -0.2) is 35.6 Å². The maximum Gasteiger partial charge on any atom is 0.407 e. The van der Waals surface area contributed by atoms with Gasteiger partial charge in [-0.2, -0.15) is 0 Å². The van der Waals surface area contributed by atoms with Gasteiger partial charge in [0.2, 0.25) is 5.91 Å². The fraction of sp³-hybridized carbons (Fsp3) is 0.333. The number of carbonyl (C=O) groups excluding carboxylic acids is 1. The molecule has 0 aliphatic rings. The van der Waals surface area contributed by atoms with E-state index in [4.69, 9.17) is 5.11 Å². The third kappa shape index (κ3) is 5.01. The van der Waals surface area contributed by atoms with Crippen molar-refractivity contribution in [3.8, 4) is 0 Å². The Labute approximate surface area is 100 Å². The van der Waals surface area contributed by atoms with Crippen molar-refractivity contribution in [2.75, 3.05) is 18.9 Å². The van der Waals surface area contributed by atoms with Crippen molar-refractivity contribution < 1.29 is 14.7 Å². The molecule has 1 aromatic rings. The molecule has 0 radical (unpaired) electrons. The molecule has 1 aromatic carbocycles. The van der Waals surface area contributed by atoms with Crippen LogP contribution in [0.15, 0.2) is 30.3 Å². The fourth-order valence-corrected chi connectivity index (χ4v) is 1.32. The molecule has 0 aliphatic carbocycles. The molecule has 5 heteroatoms. The molecule has 92 valence electrons. The van der Waals surface area contributed by atoms with Crippen LogP contribution in [0.1, 0.15) is 12.8 Å². The van der Waals surface area contributed by atoms with Gasteiger partial charge in [-0.25, -0.2) is 4.79 Å². The number of anilines is 1. The molecule has 2 amide bonds. The minimum Gasteiger partial charge on any atom is -0.465 e. The topological polar surface area (TPSA) is 69.6 Å². The van der Waals surface area contributed by atoms with Crippen LogP contribution in [0.2, 0.25) is 0 Å². The van der Waals surface area contributed by atoms with Gasteiger partial charge >= 0.3 is 6.09 Å². The molecule has 0 fully saturated rings. The summed E-state index contributed by atoms with van der Waals surface area (Å²) in [5.41, 5.74) is 0.754. The lowest BCUT2D eigenvalue weighted by Crippen LogP contribution is -2.26. The molecule has 0 saturated heterocycles. The summed E-state index contributed by atoms with van der Waals surface area (Å²) in [4.78, 5) is 23.1. The highest BCUT2D eigenvalue weighted by Gasteiger charge is 2.06. The highest BCUT2D eigenvalue weighted by atomic mass is 16.4. The maximum atomic E-state index is 11.5. The molecule has 2 N–H and O–H groups in total. The zero-order valence-corrected chi connectivity index (χ0v) is 9.72. The van der Waals surface area contributed by atoms with Crippen LogP contribution in [-0.2, 0) is 4.79 Å². The Morgan fingerprint density at radius 3 is 2.53 bits per heavy atom. The summed E-state index contributed by atoms with van der Waals surface area (Å²) >= 11 is 0. The summed E-state index contributed by atoms with van der Waals surface area (Å²) in [5.74, 6) is -0.102. The van der Waals surface area contributed by atoms with Gasteiger partial charge in [0.05, 0.1) is 0 Å². The van der Waals surface area contributed by atoms with E-state index < -0.39 is 6.09 Å². The minimum atomic E-state index is -0.978. The fourth-order valence-electron chi connectivity index (χ4n) is 1.32. The third-order valence-electron chi connectivity index (χ3n) is 2.28. The van der Waals surface area contributed by atoms with E-state index in [0.717, 1.165) is 10.6 Å². The van der Waals surface area contributed by atoms with Gasteiger partial charge in [0.1, 0.15) is 0 Å². The number of amides is 2. The third-order valence-corrected chi connectivity index (χ3v) is 2.28. The van der Waals surface area contributed by atoms with Crippen LogP contribution in [0.25, 0.3) is 0 Å². The van der Waals surface area contributed by atoms with Gasteiger partial charge in [0.25, 0.3) is 0 Å². The summed E-state index contributed by atoms with van der Waals surface area (Å²) in [5, 5.41) is 11.3. The lowest BCUT2D eigenvalue weighted by atomic mass is 10.2. The van der Waals surface area contributed by atoms with E-state index in [1.54, 1.807) is 12.1 Å². The first-order chi connectivity index (χ1) is 8.09. The molecule has 0 saturated carbocycles. The van der Waals surface area contributed by atoms with E-state index in [1.165, 1.54) is 7.05 Å². The SMILES string of the molecule is CN(CCCC(=O)Nc1ccccc1)C(=O)O. The largest absolute Gasteiger partial charge is 0.465 e. The summed E-state index contributed by atoms with van der Waals surface area (Å²) in [7, 11) is 1.48. The summed E-state index contributed by atoms with van der Waals surface area (Å²) in [6.07, 6.45) is -0.151. The first-order valence-electron chi connectivity index (χ1n) is 5.38. The Kier molecular flexibility index (Phi) is 5.00. The van der Waals surface area contributed by atoms with Crippen LogP contribution in [0.5, 0.6) is 0 Å². The Balaban J connectivity index is 2.25. The second-order valence-corrected chi connectivity index (χ2v) is 3.72. The molecule has 5 nitrogen and oxygen atoms in total. The van der Waals surface area contributed by atoms with Crippen molar-refractivity contribution >= 4 is 17.7 Å². The Morgan fingerprint density at radius 1 is 1.29 bits per heavy atom. The zero-order chi connectivity index (χ0) is 12.7. The number of benzene rings is 1. The molecule has 0 atom stereocenters. The van der Waals surface area contributed by atoms with Crippen molar-refractivity contribution in [1.29, 1.82) is 0 Å². The summed E-state index contributed by atoms with van der Waals surface area (Å²) in [6.45, 7) is 0.359. The highest BCUT2D eigenvalue weighted by Crippen LogP contribution is 2.06. The summed E-state index contributed by atoms with van der Waals surface area (Å²) in [6, 6.07) is 9.17. The van der Waals surface area contributed by atoms with Gasteiger partial charge in [0.15, 0.2) is 0 Å². The smallest absolute Gasteiger partial charge is 0.407 e. The van der Waals surface area contributed by atoms with Crippen molar-refractivity contribution in [3.63, 3.8) is 0 Å². The molecule has 0 spiro atoms. The molecular weight excluding hydrogens is 220 g/mol. The van der Waals surface area contributed by atoms with Gasteiger partial charge in [-0.15, -0.1) is 0 Å². The van der Waals surface area contributed by atoms with Crippen molar-refractivity contribution in [2.45, 2.75) is 12.8 Å². The van der Waals surface area contributed by atoms with Crippen molar-refractivity contribution in [1.82, 2.24) is 4.90 Å². The predicted molar refractivity (Wildman–Crippen MR) is 65.0 cm³/mol. The molecule has 17 heavy (non-hydrogen) atoms. The van der Waals surface area contributed by atoms with Gasteiger partial charge in [0, 0.05) is 25.7 Å². The molecule has 0 aromatic heterocycles. The Bertz CT molecular complexity index is 379. The van der Waals surface area contributed by atoms with Gasteiger partial charge < -0.3 is 15.3 Å². The second-order valence-electron chi connectivity index (χ2n) is 3.72. The first kappa shape index (κ1) is 13.0. The van der Waals surface area contributed by atoms with Crippen molar-refractivity contribution in [3.05, 3.63) is 30.3 Å². The molecule has 1 rings (SSSR count). The number of rotatable bonds is 5. The molecular formula is C12H16N2O3. The van der Waals surface area contributed by atoms with Crippen LogP contribution in [0.4, 0.5) is 10.5 Å². The van der Waals surface area contributed by atoms with Gasteiger partial charge in [-0.3, -0.25) is 4.79 Å². The van der Waals surface area contributed by atoms with E-state index >= 15 is 0 Å². The van der Waals surface area contributed by atoms with E-state index in [-0.39, 0.29) is 5.91 Å². The predicted octanol–water partition coefficient (Wildman–Crippen LogP) is 2.02. The first-order valence-corrected chi connectivity index (χ1v) is 5.38. The number of hydrogen-bond acceptors (Lipinski definition) is 2. The molecule has 0 unspecified atom stereocenters. The van der Waals surface area contributed by atoms with Gasteiger partial charge in [-0.1, -0.05) is 18.2 Å². The van der Waals surface area contributed by atoms with Crippen LogP contribution in [0, 0.1) is 0 Å². The Morgan fingerprint density at radius 2 is 1.94 bits per heavy atom. The number of nitrogens with zero attached hydrogens (tertiary/aromatic N) is 1. The van der Waals surface area contributed by atoms with E-state index in [0.29, 0.717) is 19.4 Å². The quantitative estimate of drug-likeness (QED) is 0.821. The van der Waals surface area contributed by atoms with E-state index in [2.05, 4.69) is 5.32 Å². The number of hydrogen-bond donors (Lipinski definition) is 2. The van der Waals surface area contributed by atoms with E-state index in [1.807, 2.05) is 18.2 Å². The standard InChI is InChI=1S/C12H16N2O3/c1-14(12(16)17)9-5-8-11(15)13-10-6-3-2-4-7-10/h2-4,6-7H,5,8-9H2,1H3,(H,13,15)(H,16,17). The van der Waals surface area contributed by atoms with Crippen LogP contribution < -0.4 is 5.32 Å². The van der Waals surface area contributed by atoms with Crippen LogP contribution >= 0.6 is 0 Å². The van der Waals surface area contributed by atoms with Crippen LogP contribution in [0.3, 0.4) is 0 Å². The maximum absolute atomic E-state index is 11.5. The van der Waals surface area contributed by atoms with Crippen molar-refractivity contribution in [2.24, 2.45) is 0 Å². The average molecular weight is 236 g/mol. The average Bonchev–Trinajstić information content (AvgIpc) is 2.30. The molecule has 0 bridgehead atoms. The number of para-hydroxylation sites is 1. The Hall–Kier alpha value is -2.04.